The highest BCUT2D eigenvalue weighted by molar-refractivity contribution is 6.31. The van der Waals surface area contributed by atoms with Crippen molar-refractivity contribution in [2.45, 2.75) is 52.2 Å². The molecule has 0 amide bonds. The van der Waals surface area contributed by atoms with Crippen LogP contribution >= 0.6 is 11.6 Å². The normalized spacial score (nSPS) is 12.6. The van der Waals surface area contributed by atoms with Gasteiger partial charge in [-0.15, -0.1) is 0 Å². The van der Waals surface area contributed by atoms with Crippen LogP contribution in [0.5, 0.6) is 5.75 Å². The summed E-state index contributed by atoms with van der Waals surface area (Å²) in [7, 11) is 1.41. The summed E-state index contributed by atoms with van der Waals surface area (Å²) in [6.45, 7) is 7.00. The SMILES string of the molecule is CCC(C(=O)OC(C)(C)C)n1cc(OC)c(-c2cc(Cl)ccc2-c2cnc(C(F)F)o2)cc1=O. The second-order valence-electron chi connectivity index (χ2n) is 8.51. The Balaban J connectivity index is 2.15. The maximum atomic E-state index is 13.1. The van der Waals surface area contributed by atoms with Gasteiger partial charge in [0.15, 0.2) is 5.76 Å². The standard InChI is InChI=1S/C24H25ClF2N2O5/c1-6-17(23(31)34-24(2,3)4)29-12-19(32-5)16(10-20(29)30)15-9-13(25)7-8-14(15)18-11-28-22(33-18)21(26)27/h7-12,17,21H,6H2,1-5H3. The van der Waals surface area contributed by atoms with E-state index in [1.807, 2.05) is 0 Å². The van der Waals surface area contributed by atoms with E-state index < -0.39 is 35.5 Å². The Kier molecular flexibility index (Phi) is 7.45. The average molecular weight is 495 g/mol. The van der Waals surface area contributed by atoms with E-state index in [9.17, 15) is 18.4 Å². The van der Waals surface area contributed by atoms with E-state index in [0.29, 0.717) is 28.1 Å². The Morgan fingerprint density at radius 1 is 1.21 bits per heavy atom. The molecule has 0 saturated heterocycles. The highest BCUT2D eigenvalue weighted by atomic mass is 35.5. The number of carbonyl (C=O) groups excluding carboxylic acids is 1. The third-order valence-electron chi connectivity index (χ3n) is 4.91. The topological polar surface area (TPSA) is 83.6 Å². The Morgan fingerprint density at radius 3 is 2.47 bits per heavy atom. The largest absolute Gasteiger partial charge is 0.495 e. The van der Waals surface area contributed by atoms with E-state index in [1.165, 1.54) is 30.1 Å². The highest BCUT2D eigenvalue weighted by Gasteiger charge is 2.27. The van der Waals surface area contributed by atoms with Crippen LogP contribution in [-0.4, -0.2) is 28.2 Å². The van der Waals surface area contributed by atoms with Crippen LogP contribution in [0.15, 0.2) is 45.9 Å². The molecule has 0 radical (unpaired) electrons. The van der Waals surface area contributed by atoms with Gasteiger partial charge >= 0.3 is 12.4 Å². The van der Waals surface area contributed by atoms with Crippen LogP contribution in [0.3, 0.4) is 0 Å². The number of nitrogens with zero attached hydrogens (tertiary/aromatic N) is 2. The number of alkyl halides is 2. The summed E-state index contributed by atoms with van der Waals surface area (Å²) < 4.78 is 43.4. The first kappa shape index (κ1) is 25.4. The molecule has 2 aromatic heterocycles. The van der Waals surface area contributed by atoms with E-state index >= 15 is 0 Å². The Morgan fingerprint density at radius 2 is 1.91 bits per heavy atom. The van der Waals surface area contributed by atoms with E-state index in [2.05, 4.69) is 4.98 Å². The van der Waals surface area contributed by atoms with Gasteiger partial charge < -0.3 is 13.9 Å². The smallest absolute Gasteiger partial charge is 0.329 e. The first-order chi connectivity index (χ1) is 15.9. The van der Waals surface area contributed by atoms with Crippen LogP contribution in [0, 0.1) is 0 Å². The quantitative estimate of drug-likeness (QED) is 0.371. The third kappa shape index (κ3) is 5.47. The molecule has 1 aromatic carbocycles. The maximum absolute atomic E-state index is 13.1. The van der Waals surface area contributed by atoms with Gasteiger partial charge in [-0.05, 0) is 51.0 Å². The van der Waals surface area contributed by atoms with E-state index in [1.54, 1.807) is 45.9 Å². The molecular formula is C24H25ClF2N2O5. The molecule has 2 heterocycles. The molecule has 0 spiro atoms. The minimum Gasteiger partial charge on any atom is -0.495 e. The molecule has 3 rings (SSSR count). The zero-order valence-corrected chi connectivity index (χ0v) is 20.2. The first-order valence-electron chi connectivity index (χ1n) is 10.5. The number of carbonyl (C=O) groups is 1. The van der Waals surface area contributed by atoms with Gasteiger partial charge in [-0.3, -0.25) is 9.36 Å². The molecule has 0 N–H and O–H groups in total. The van der Waals surface area contributed by atoms with Gasteiger partial charge in [0.25, 0.3) is 11.4 Å². The minimum atomic E-state index is -2.87. The molecule has 1 unspecified atom stereocenters. The number of oxazole rings is 1. The van der Waals surface area contributed by atoms with Crippen molar-refractivity contribution >= 4 is 17.6 Å². The van der Waals surface area contributed by atoms with Crippen LogP contribution in [0.4, 0.5) is 8.78 Å². The van der Waals surface area contributed by atoms with Crippen LogP contribution in [0.1, 0.15) is 52.5 Å². The van der Waals surface area contributed by atoms with Gasteiger partial charge in [0, 0.05) is 22.2 Å². The molecule has 0 aliphatic carbocycles. The molecular weight excluding hydrogens is 470 g/mol. The monoisotopic (exact) mass is 494 g/mol. The van der Waals surface area contributed by atoms with Crippen molar-refractivity contribution in [1.29, 1.82) is 0 Å². The molecule has 0 aliphatic rings. The Hall–Kier alpha value is -3.20. The number of aromatic nitrogens is 2. The molecule has 0 bridgehead atoms. The van der Waals surface area contributed by atoms with E-state index in [4.69, 9.17) is 25.5 Å². The van der Waals surface area contributed by atoms with Crippen molar-refractivity contribution in [3.05, 3.63) is 57.9 Å². The molecule has 10 heteroatoms. The number of methoxy groups -OCH3 is 1. The van der Waals surface area contributed by atoms with Crippen molar-refractivity contribution in [1.82, 2.24) is 9.55 Å². The molecule has 7 nitrogen and oxygen atoms in total. The summed E-state index contributed by atoms with van der Waals surface area (Å²) in [4.78, 5) is 29.4. The summed E-state index contributed by atoms with van der Waals surface area (Å²) in [5.41, 5.74) is -0.0583. The van der Waals surface area contributed by atoms with Crippen LogP contribution < -0.4 is 10.3 Å². The molecule has 182 valence electrons. The highest BCUT2D eigenvalue weighted by Crippen LogP contribution is 2.39. The summed E-state index contributed by atoms with van der Waals surface area (Å²) in [5.74, 6) is -0.926. The molecule has 3 aromatic rings. The third-order valence-corrected chi connectivity index (χ3v) is 5.15. The fourth-order valence-electron chi connectivity index (χ4n) is 3.46. The number of benzene rings is 1. The van der Waals surface area contributed by atoms with Crippen molar-refractivity contribution in [3.8, 4) is 28.2 Å². The number of pyridine rings is 1. The number of halogens is 3. The van der Waals surface area contributed by atoms with Crippen molar-refractivity contribution in [2.75, 3.05) is 7.11 Å². The number of hydrogen-bond acceptors (Lipinski definition) is 6. The average Bonchev–Trinajstić information content (AvgIpc) is 3.24. The zero-order valence-electron chi connectivity index (χ0n) is 19.4. The molecule has 0 saturated carbocycles. The van der Waals surface area contributed by atoms with Crippen molar-refractivity contribution in [2.24, 2.45) is 0 Å². The lowest BCUT2D eigenvalue weighted by Crippen LogP contribution is -2.34. The number of ether oxygens (including phenoxy) is 2. The van der Waals surface area contributed by atoms with E-state index in [0.717, 1.165) is 0 Å². The Labute approximate surface area is 200 Å². The lowest BCUT2D eigenvalue weighted by atomic mass is 9.98. The van der Waals surface area contributed by atoms with Gasteiger partial charge in [-0.1, -0.05) is 18.5 Å². The van der Waals surface area contributed by atoms with Crippen molar-refractivity contribution < 1.29 is 27.5 Å². The number of esters is 1. The summed E-state index contributed by atoms with van der Waals surface area (Å²) in [5, 5.41) is 0.346. The van der Waals surface area contributed by atoms with Crippen molar-refractivity contribution in [3.63, 3.8) is 0 Å². The predicted molar refractivity (Wildman–Crippen MR) is 123 cm³/mol. The maximum Gasteiger partial charge on any atom is 0.329 e. The zero-order chi connectivity index (χ0) is 25.2. The van der Waals surface area contributed by atoms with Gasteiger partial charge in [-0.25, -0.2) is 9.78 Å². The summed E-state index contributed by atoms with van der Waals surface area (Å²) >= 11 is 6.20. The number of rotatable bonds is 7. The van der Waals surface area contributed by atoms with Gasteiger partial charge in [-0.2, -0.15) is 8.78 Å². The number of hydrogen-bond donors (Lipinski definition) is 0. The van der Waals surface area contributed by atoms with Crippen LogP contribution in [0.25, 0.3) is 22.5 Å². The summed E-state index contributed by atoms with van der Waals surface area (Å²) in [6, 6.07) is 5.14. The molecule has 34 heavy (non-hydrogen) atoms. The fraction of sp³-hybridized carbons (Fsp3) is 0.375. The van der Waals surface area contributed by atoms with Crippen LogP contribution in [0.2, 0.25) is 5.02 Å². The lowest BCUT2D eigenvalue weighted by Gasteiger charge is -2.25. The molecule has 0 fully saturated rings. The summed E-state index contributed by atoms with van der Waals surface area (Å²) in [6.07, 6.45) is 0.0405. The second kappa shape index (κ2) is 9.97. The minimum absolute atomic E-state index is 0.0772. The van der Waals surface area contributed by atoms with Gasteiger partial charge in [0.1, 0.15) is 17.4 Å². The molecule has 0 aliphatic heterocycles. The van der Waals surface area contributed by atoms with Gasteiger partial charge in [0.2, 0.25) is 0 Å². The van der Waals surface area contributed by atoms with Crippen LogP contribution in [-0.2, 0) is 9.53 Å². The lowest BCUT2D eigenvalue weighted by molar-refractivity contribution is -0.159. The predicted octanol–water partition coefficient (Wildman–Crippen LogP) is 6.06. The fourth-order valence-corrected chi connectivity index (χ4v) is 3.63. The Bertz CT molecular complexity index is 1250. The molecule has 1 atom stereocenters. The first-order valence-corrected chi connectivity index (χ1v) is 10.9. The van der Waals surface area contributed by atoms with Gasteiger partial charge in [0.05, 0.1) is 19.5 Å². The van der Waals surface area contributed by atoms with E-state index in [-0.39, 0.29) is 11.5 Å². The second-order valence-corrected chi connectivity index (χ2v) is 8.95.